The Bertz CT molecular complexity index is 1360. The van der Waals surface area contributed by atoms with Gasteiger partial charge >= 0.3 is 5.97 Å². The Balaban J connectivity index is 1.34. The molecule has 12 heteroatoms. The lowest BCUT2D eigenvalue weighted by molar-refractivity contribution is 0.0522. The van der Waals surface area contributed by atoms with E-state index in [1.807, 2.05) is 42.5 Å². The van der Waals surface area contributed by atoms with E-state index < -0.39 is 5.97 Å². The van der Waals surface area contributed by atoms with Gasteiger partial charge in [-0.25, -0.2) is 4.79 Å². The largest absolute Gasteiger partial charge is 0.488 e. The van der Waals surface area contributed by atoms with Crippen molar-refractivity contribution in [1.29, 1.82) is 0 Å². The molecule has 0 atom stereocenters. The number of esters is 1. The van der Waals surface area contributed by atoms with Crippen LogP contribution in [0.3, 0.4) is 0 Å². The average molecular weight is 504 g/mol. The maximum Gasteiger partial charge on any atom is 0.349 e. The van der Waals surface area contributed by atoms with Crippen molar-refractivity contribution in [3.63, 3.8) is 0 Å². The van der Waals surface area contributed by atoms with Crippen LogP contribution in [0.5, 0.6) is 11.6 Å². The van der Waals surface area contributed by atoms with Gasteiger partial charge in [-0.3, -0.25) is 0 Å². The highest BCUT2D eigenvalue weighted by atomic mass is 16.6. The summed E-state index contributed by atoms with van der Waals surface area (Å²) in [4.78, 5) is 16.3. The summed E-state index contributed by atoms with van der Waals surface area (Å²) in [5.74, 6) is 0.0210. The number of carbonyl (C=O) groups excluding carboxylic acids is 1. The first-order valence-electron chi connectivity index (χ1n) is 11.3. The van der Waals surface area contributed by atoms with E-state index >= 15 is 0 Å². The Labute approximate surface area is 212 Å². The third-order valence-electron chi connectivity index (χ3n) is 4.85. The Morgan fingerprint density at radius 1 is 1.00 bits per heavy atom. The van der Waals surface area contributed by atoms with E-state index in [4.69, 9.17) is 30.2 Å². The Hall–Kier alpha value is -5.13. The smallest absolute Gasteiger partial charge is 0.349 e. The molecule has 2 heterocycles. The number of anilines is 2. The summed E-state index contributed by atoms with van der Waals surface area (Å²) in [6.45, 7) is 2.03. The van der Waals surface area contributed by atoms with Crippen LogP contribution in [0.15, 0.2) is 76.2 Å². The van der Waals surface area contributed by atoms with Crippen molar-refractivity contribution in [1.82, 2.24) is 15.4 Å². The van der Waals surface area contributed by atoms with Gasteiger partial charge in [0, 0.05) is 5.56 Å². The standard InChI is InChI=1S/C25H25N7O5/c1-2-34-24(33)21-22(26)37-32-23(21)36-15-14-35-19-11-7-6-10-18(19)28-25(27)29-20-13-12-17(30-31-20)16-8-4-3-5-9-16/h3-13H,2,14-15,26H2,1H3,(H3,27,28,29,31). The van der Waals surface area contributed by atoms with Crippen molar-refractivity contribution in [3.8, 4) is 22.9 Å². The molecule has 0 aliphatic rings. The van der Waals surface area contributed by atoms with Gasteiger partial charge in [0.2, 0.25) is 5.88 Å². The third kappa shape index (κ3) is 6.51. The minimum absolute atomic E-state index is 0.0552. The first-order valence-corrected chi connectivity index (χ1v) is 11.3. The highest BCUT2D eigenvalue weighted by molar-refractivity contribution is 5.96. The van der Waals surface area contributed by atoms with Crippen LogP contribution in [0.25, 0.3) is 11.3 Å². The molecule has 2 aromatic carbocycles. The minimum atomic E-state index is -0.680. The van der Waals surface area contributed by atoms with Gasteiger partial charge in [-0.2, -0.15) is 4.99 Å². The average Bonchev–Trinajstić information content (AvgIpc) is 3.28. The number of nitrogens with one attached hydrogen (secondary N) is 1. The molecule has 0 aliphatic carbocycles. The van der Waals surface area contributed by atoms with Gasteiger partial charge in [-0.1, -0.05) is 42.5 Å². The van der Waals surface area contributed by atoms with Crippen LogP contribution < -0.4 is 26.3 Å². The van der Waals surface area contributed by atoms with Gasteiger partial charge in [0.1, 0.15) is 19.0 Å². The highest BCUT2D eigenvalue weighted by Crippen LogP contribution is 2.26. The zero-order valence-electron chi connectivity index (χ0n) is 20.0. The SMILES string of the molecule is CCOC(=O)c1c(OCCOc2ccccc2NC(N)=Nc2ccc(-c3ccccc3)nn2)noc1N. The molecule has 190 valence electrons. The number of nitrogens with two attached hydrogens (primary N) is 2. The lowest BCUT2D eigenvalue weighted by Gasteiger charge is -2.13. The monoisotopic (exact) mass is 503 g/mol. The number of aromatic nitrogens is 3. The maximum atomic E-state index is 12.0. The summed E-state index contributed by atoms with van der Waals surface area (Å²) in [7, 11) is 0. The molecule has 0 saturated carbocycles. The van der Waals surface area contributed by atoms with Crippen molar-refractivity contribution in [3.05, 3.63) is 72.3 Å². The molecule has 4 rings (SSSR count). The molecule has 0 amide bonds. The first kappa shape index (κ1) is 25.0. The molecule has 0 saturated heterocycles. The number of guanidine groups is 1. The van der Waals surface area contributed by atoms with E-state index in [2.05, 4.69) is 25.7 Å². The number of nitrogens with zero attached hydrogens (tertiary/aromatic N) is 4. The summed E-state index contributed by atoms with van der Waals surface area (Å²) >= 11 is 0. The number of para-hydroxylation sites is 2. The third-order valence-corrected chi connectivity index (χ3v) is 4.85. The zero-order chi connectivity index (χ0) is 26.0. The fraction of sp³-hybridized carbons (Fsp3) is 0.160. The van der Waals surface area contributed by atoms with E-state index in [1.54, 1.807) is 31.2 Å². The Kier molecular flexibility index (Phi) is 8.11. The second-order valence-corrected chi connectivity index (χ2v) is 7.41. The maximum absolute atomic E-state index is 12.0. The summed E-state index contributed by atoms with van der Waals surface area (Å²) in [6, 6.07) is 20.4. The summed E-state index contributed by atoms with van der Waals surface area (Å²) < 4.78 is 21.1. The molecule has 0 aliphatic heterocycles. The van der Waals surface area contributed by atoms with Crippen LogP contribution in [-0.2, 0) is 4.74 Å². The molecule has 12 nitrogen and oxygen atoms in total. The summed E-state index contributed by atoms with van der Waals surface area (Å²) in [6.07, 6.45) is 0. The van der Waals surface area contributed by atoms with Crippen molar-refractivity contribution in [2.75, 3.05) is 30.9 Å². The molecule has 0 bridgehead atoms. The summed E-state index contributed by atoms with van der Waals surface area (Å²) in [5, 5.41) is 15.0. The van der Waals surface area contributed by atoms with E-state index in [0.29, 0.717) is 17.3 Å². The molecule has 0 radical (unpaired) electrons. The normalized spacial score (nSPS) is 11.1. The Morgan fingerprint density at radius 2 is 1.76 bits per heavy atom. The number of hydrogen-bond acceptors (Lipinski definition) is 10. The van der Waals surface area contributed by atoms with Gasteiger partial charge in [0.15, 0.2) is 17.3 Å². The van der Waals surface area contributed by atoms with Gasteiger partial charge in [-0.05, 0) is 36.3 Å². The quantitative estimate of drug-likeness (QED) is 0.125. The van der Waals surface area contributed by atoms with Crippen LogP contribution in [-0.4, -0.2) is 47.1 Å². The number of ether oxygens (including phenoxy) is 3. The predicted molar refractivity (Wildman–Crippen MR) is 137 cm³/mol. The van der Waals surface area contributed by atoms with Crippen molar-refractivity contribution in [2.45, 2.75) is 6.92 Å². The lowest BCUT2D eigenvalue weighted by atomic mass is 10.1. The van der Waals surface area contributed by atoms with Gasteiger partial charge in [0.05, 0.1) is 18.0 Å². The molecule has 0 fully saturated rings. The van der Waals surface area contributed by atoms with Crippen LogP contribution in [0.2, 0.25) is 0 Å². The fourth-order valence-corrected chi connectivity index (χ4v) is 3.20. The van der Waals surface area contributed by atoms with Gasteiger partial charge in [-0.15, -0.1) is 10.2 Å². The van der Waals surface area contributed by atoms with Crippen LogP contribution in [0, 0.1) is 0 Å². The van der Waals surface area contributed by atoms with Crippen LogP contribution >= 0.6 is 0 Å². The topological polar surface area (TPSA) is 173 Å². The number of rotatable bonds is 10. The Morgan fingerprint density at radius 3 is 2.51 bits per heavy atom. The molecular formula is C25H25N7O5. The van der Waals surface area contributed by atoms with E-state index in [9.17, 15) is 4.79 Å². The van der Waals surface area contributed by atoms with E-state index in [-0.39, 0.29) is 43.1 Å². The van der Waals surface area contributed by atoms with Crippen molar-refractivity contribution >= 4 is 29.3 Å². The van der Waals surface area contributed by atoms with Gasteiger partial charge < -0.3 is 35.5 Å². The van der Waals surface area contributed by atoms with Crippen LogP contribution in [0.4, 0.5) is 17.4 Å². The van der Waals surface area contributed by atoms with E-state index in [1.165, 1.54) is 0 Å². The molecule has 0 unspecified atom stereocenters. The molecular weight excluding hydrogens is 478 g/mol. The molecule has 2 aromatic heterocycles. The zero-order valence-corrected chi connectivity index (χ0v) is 20.0. The fourth-order valence-electron chi connectivity index (χ4n) is 3.20. The number of carbonyl (C=O) groups is 1. The van der Waals surface area contributed by atoms with Crippen LogP contribution in [0.1, 0.15) is 17.3 Å². The summed E-state index contributed by atoms with van der Waals surface area (Å²) in [5.41, 5.74) is 13.9. The second kappa shape index (κ2) is 12.0. The number of nitrogen functional groups attached to an aromatic ring is 1. The molecule has 4 aromatic rings. The number of hydrogen-bond donors (Lipinski definition) is 3. The minimum Gasteiger partial charge on any atom is -0.488 e. The molecule has 0 spiro atoms. The first-order chi connectivity index (χ1) is 18.0. The van der Waals surface area contributed by atoms with E-state index in [0.717, 1.165) is 11.3 Å². The number of benzene rings is 2. The molecule has 5 N–H and O–H groups in total. The van der Waals surface area contributed by atoms with Gasteiger partial charge in [0.25, 0.3) is 5.88 Å². The second-order valence-electron chi connectivity index (χ2n) is 7.41. The highest BCUT2D eigenvalue weighted by Gasteiger charge is 2.24. The van der Waals surface area contributed by atoms with Crippen molar-refractivity contribution in [2.24, 2.45) is 10.7 Å². The lowest BCUT2D eigenvalue weighted by Crippen LogP contribution is -2.22. The predicted octanol–water partition coefficient (Wildman–Crippen LogP) is 3.41. The van der Waals surface area contributed by atoms with Crippen molar-refractivity contribution < 1.29 is 23.5 Å². The number of aliphatic imine (C=N–C) groups is 1. The molecule has 37 heavy (non-hydrogen) atoms.